The van der Waals surface area contributed by atoms with Crippen molar-refractivity contribution < 1.29 is 4.74 Å². The zero-order valence-electron chi connectivity index (χ0n) is 12.9. The Bertz CT molecular complexity index is 729. The summed E-state index contributed by atoms with van der Waals surface area (Å²) in [5.41, 5.74) is 3.22. The number of benzene rings is 1. The lowest BCUT2D eigenvalue weighted by atomic mass is 10.2. The molecular formula is C17H19N3OS. The molecule has 4 nitrogen and oxygen atoms in total. The number of hydrogen-bond acceptors (Lipinski definition) is 5. The maximum atomic E-state index is 6.12. The summed E-state index contributed by atoms with van der Waals surface area (Å²) in [7, 11) is 2.17. The van der Waals surface area contributed by atoms with Crippen molar-refractivity contribution in [3.63, 3.8) is 0 Å². The Hall–Kier alpha value is -1.85. The summed E-state index contributed by atoms with van der Waals surface area (Å²) in [4.78, 5) is 9.75. The number of hydrogen-bond donors (Lipinski definition) is 0. The first kappa shape index (κ1) is 13.8. The summed E-state index contributed by atoms with van der Waals surface area (Å²) in [5, 5.41) is 4.21. The largest absolute Gasteiger partial charge is 0.453 e. The van der Waals surface area contributed by atoms with Crippen LogP contribution in [-0.4, -0.2) is 48.9 Å². The van der Waals surface area contributed by atoms with Crippen LogP contribution in [0.3, 0.4) is 0 Å². The lowest BCUT2D eigenvalue weighted by Crippen LogP contribution is -2.47. The Balaban J connectivity index is 1.82. The molecule has 0 amide bonds. The van der Waals surface area contributed by atoms with Gasteiger partial charge in [0, 0.05) is 36.9 Å². The van der Waals surface area contributed by atoms with Gasteiger partial charge in [-0.2, -0.15) is 0 Å². The number of ether oxygens (including phenoxy) is 1. The highest BCUT2D eigenvalue weighted by Gasteiger charge is 2.26. The van der Waals surface area contributed by atoms with Gasteiger partial charge in [0.05, 0.1) is 5.56 Å². The fourth-order valence-electron chi connectivity index (χ4n) is 2.93. The molecule has 0 saturated carbocycles. The number of nitrogens with zero attached hydrogens (tertiary/aromatic N) is 3. The third-order valence-electron chi connectivity index (χ3n) is 4.31. The zero-order chi connectivity index (χ0) is 15.1. The van der Waals surface area contributed by atoms with Gasteiger partial charge >= 0.3 is 0 Å². The van der Waals surface area contributed by atoms with Gasteiger partial charge < -0.3 is 14.5 Å². The van der Waals surface area contributed by atoms with Gasteiger partial charge in [0.15, 0.2) is 5.75 Å². The van der Waals surface area contributed by atoms with E-state index in [0.717, 1.165) is 60.3 Å². The lowest BCUT2D eigenvalue weighted by molar-refractivity contribution is 0.216. The summed E-state index contributed by atoms with van der Waals surface area (Å²) in [6, 6.07) is 6.11. The van der Waals surface area contributed by atoms with Crippen LogP contribution in [0.25, 0.3) is 0 Å². The fourth-order valence-corrected chi connectivity index (χ4v) is 3.65. The quantitative estimate of drug-likeness (QED) is 0.745. The highest BCUT2D eigenvalue weighted by molar-refractivity contribution is 7.08. The summed E-state index contributed by atoms with van der Waals surface area (Å²) in [6.07, 6.45) is 0. The number of fused-ring (bicyclic) bond motifs is 2. The molecule has 0 bridgehead atoms. The number of rotatable bonds is 0. The van der Waals surface area contributed by atoms with E-state index >= 15 is 0 Å². The van der Waals surface area contributed by atoms with Gasteiger partial charge in [-0.15, -0.1) is 11.3 Å². The number of amidine groups is 1. The van der Waals surface area contributed by atoms with E-state index in [4.69, 9.17) is 9.73 Å². The molecule has 1 fully saturated rings. The smallest absolute Gasteiger partial charge is 0.153 e. The van der Waals surface area contributed by atoms with Crippen molar-refractivity contribution in [3.8, 4) is 11.5 Å². The predicted octanol–water partition coefficient (Wildman–Crippen LogP) is 3.49. The molecule has 3 heterocycles. The third-order valence-corrected chi connectivity index (χ3v) is 5.03. The second kappa shape index (κ2) is 5.41. The Morgan fingerprint density at radius 2 is 1.91 bits per heavy atom. The van der Waals surface area contributed by atoms with Gasteiger partial charge in [0.1, 0.15) is 17.3 Å². The van der Waals surface area contributed by atoms with Crippen LogP contribution in [0.2, 0.25) is 0 Å². The average molecular weight is 313 g/mol. The molecule has 5 heteroatoms. The van der Waals surface area contributed by atoms with Crippen LogP contribution >= 0.6 is 11.3 Å². The van der Waals surface area contributed by atoms with Crippen molar-refractivity contribution in [1.82, 2.24) is 9.80 Å². The first-order valence-electron chi connectivity index (χ1n) is 7.58. The van der Waals surface area contributed by atoms with Gasteiger partial charge in [0.25, 0.3) is 0 Å². The maximum absolute atomic E-state index is 6.12. The number of aryl methyl sites for hydroxylation is 1. The molecule has 2 aliphatic heterocycles. The number of thiophene rings is 1. The van der Waals surface area contributed by atoms with Crippen molar-refractivity contribution in [2.45, 2.75) is 6.92 Å². The Kier molecular flexibility index (Phi) is 3.39. The molecule has 1 aromatic carbocycles. The van der Waals surface area contributed by atoms with E-state index < -0.39 is 0 Å². The minimum Gasteiger partial charge on any atom is -0.453 e. The first-order chi connectivity index (χ1) is 10.7. The second-order valence-corrected chi connectivity index (χ2v) is 6.64. The Morgan fingerprint density at radius 3 is 2.73 bits per heavy atom. The molecule has 0 N–H and O–H groups in total. The van der Waals surface area contributed by atoms with Gasteiger partial charge in [-0.25, -0.2) is 4.99 Å². The van der Waals surface area contributed by atoms with E-state index in [-0.39, 0.29) is 0 Å². The molecule has 2 aliphatic rings. The van der Waals surface area contributed by atoms with Gasteiger partial charge in [0.2, 0.25) is 0 Å². The van der Waals surface area contributed by atoms with Crippen LogP contribution in [0, 0.1) is 6.92 Å². The van der Waals surface area contributed by atoms with E-state index in [1.807, 2.05) is 12.1 Å². The van der Waals surface area contributed by atoms with Crippen LogP contribution in [0.15, 0.2) is 34.0 Å². The number of para-hydroxylation sites is 1. The summed E-state index contributed by atoms with van der Waals surface area (Å²) in [6.45, 7) is 6.24. The molecular weight excluding hydrogens is 294 g/mol. The fraction of sp³-hybridized carbons (Fsp3) is 0.353. The number of likely N-dealkylation sites (N-methyl/N-ethyl adjacent to an activating group) is 1. The van der Waals surface area contributed by atoms with Gasteiger partial charge in [-0.3, -0.25) is 0 Å². The van der Waals surface area contributed by atoms with Crippen LogP contribution in [0.1, 0.15) is 11.1 Å². The first-order valence-corrected chi connectivity index (χ1v) is 8.53. The Morgan fingerprint density at radius 1 is 1.09 bits per heavy atom. The van der Waals surface area contributed by atoms with Gasteiger partial charge in [-0.1, -0.05) is 12.1 Å². The molecule has 0 unspecified atom stereocenters. The summed E-state index contributed by atoms with van der Waals surface area (Å²) >= 11 is 1.67. The van der Waals surface area contributed by atoms with E-state index in [1.165, 1.54) is 0 Å². The lowest BCUT2D eigenvalue weighted by Gasteiger charge is -2.34. The van der Waals surface area contributed by atoms with E-state index in [1.54, 1.807) is 11.3 Å². The average Bonchev–Trinajstić information content (AvgIpc) is 2.90. The number of piperazine rings is 1. The van der Waals surface area contributed by atoms with Crippen molar-refractivity contribution in [2.75, 3.05) is 33.2 Å². The molecule has 1 aromatic heterocycles. The molecule has 0 spiro atoms. The van der Waals surface area contributed by atoms with Crippen LogP contribution in [0.5, 0.6) is 11.5 Å². The predicted molar refractivity (Wildman–Crippen MR) is 90.8 cm³/mol. The normalized spacial score (nSPS) is 18.1. The molecule has 0 aliphatic carbocycles. The SMILES string of the molecule is Cc1cccc2c1N=C(N1CCN(C)CC1)c1cscc1O2. The highest BCUT2D eigenvalue weighted by Crippen LogP contribution is 2.41. The van der Waals surface area contributed by atoms with Gasteiger partial charge in [-0.05, 0) is 25.6 Å². The second-order valence-electron chi connectivity index (χ2n) is 5.90. The molecule has 2 aromatic rings. The molecule has 0 atom stereocenters. The summed E-state index contributed by atoms with van der Waals surface area (Å²) < 4.78 is 6.12. The molecule has 114 valence electrons. The van der Waals surface area contributed by atoms with Crippen LogP contribution < -0.4 is 4.74 Å². The monoisotopic (exact) mass is 313 g/mol. The summed E-state index contributed by atoms with van der Waals surface area (Å²) in [5.74, 6) is 2.83. The standard InChI is InChI=1S/C17H19N3OS/c1-12-4-3-5-14-16(12)18-17(13-10-22-11-15(13)21-14)20-8-6-19(2)7-9-20/h3-5,10-11H,6-9H2,1-2H3. The Labute approximate surface area is 134 Å². The van der Waals surface area contributed by atoms with E-state index in [2.05, 4.69) is 40.6 Å². The van der Waals surface area contributed by atoms with E-state index in [9.17, 15) is 0 Å². The topological polar surface area (TPSA) is 28.1 Å². The molecule has 1 saturated heterocycles. The molecule has 4 rings (SSSR count). The van der Waals surface area contributed by atoms with E-state index in [0.29, 0.717) is 0 Å². The maximum Gasteiger partial charge on any atom is 0.153 e. The minimum absolute atomic E-state index is 0.851. The van der Waals surface area contributed by atoms with Crippen molar-refractivity contribution >= 4 is 22.9 Å². The zero-order valence-corrected chi connectivity index (χ0v) is 13.7. The van der Waals surface area contributed by atoms with Crippen molar-refractivity contribution in [2.24, 2.45) is 4.99 Å². The highest BCUT2D eigenvalue weighted by atomic mass is 32.1. The minimum atomic E-state index is 0.851. The van der Waals surface area contributed by atoms with Crippen LogP contribution in [-0.2, 0) is 0 Å². The third kappa shape index (κ3) is 2.30. The number of aliphatic imine (C=N–C) groups is 1. The van der Waals surface area contributed by atoms with Crippen LogP contribution in [0.4, 0.5) is 5.69 Å². The molecule has 22 heavy (non-hydrogen) atoms. The van der Waals surface area contributed by atoms with Crippen molar-refractivity contribution in [1.29, 1.82) is 0 Å². The molecule has 0 radical (unpaired) electrons. The van der Waals surface area contributed by atoms with Crippen molar-refractivity contribution in [3.05, 3.63) is 40.1 Å².